The molecule has 28 heavy (non-hydrogen) atoms. The van der Waals surface area contributed by atoms with E-state index < -0.39 is 10.0 Å². The summed E-state index contributed by atoms with van der Waals surface area (Å²) in [7, 11) is -3.42. The molecule has 1 aliphatic rings. The molecule has 1 fully saturated rings. The number of thiophene rings is 1. The zero-order valence-electron chi connectivity index (χ0n) is 15.3. The van der Waals surface area contributed by atoms with Crippen LogP contribution in [0, 0.1) is 6.92 Å². The second kappa shape index (κ2) is 7.82. The van der Waals surface area contributed by atoms with Crippen LogP contribution in [0.4, 0.5) is 17.5 Å². The summed E-state index contributed by atoms with van der Waals surface area (Å²) in [5.41, 5.74) is 0. The molecule has 1 aliphatic heterocycles. The minimum atomic E-state index is -3.42. The molecule has 4 heterocycles. The summed E-state index contributed by atoms with van der Waals surface area (Å²) >= 11 is 1.31. The maximum Gasteiger partial charge on any atom is 0.252 e. The van der Waals surface area contributed by atoms with Crippen LogP contribution in [0.25, 0.3) is 0 Å². The summed E-state index contributed by atoms with van der Waals surface area (Å²) in [6.07, 6.45) is 3.21. The van der Waals surface area contributed by atoms with Gasteiger partial charge in [-0.2, -0.15) is 4.31 Å². The highest BCUT2D eigenvalue weighted by Crippen LogP contribution is 2.26. The van der Waals surface area contributed by atoms with E-state index >= 15 is 0 Å². The van der Waals surface area contributed by atoms with Crippen molar-refractivity contribution in [2.45, 2.75) is 11.1 Å². The number of aryl methyl sites for hydroxylation is 1. The SMILES string of the molecule is Cc1ccc(S(=O)(=O)N2CCN(c3cc(Nc4ccccn4)ncn3)CC2)s1. The van der Waals surface area contributed by atoms with E-state index in [9.17, 15) is 8.42 Å². The third kappa shape index (κ3) is 3.98. The molecule has 0 saturated carbocycles. The van der Waals surface area contributed by atoms with Crippen LogP contribution >= 0.6 is 11.3 Å². The lowest BCUT2D eigenvalue weighted by molar-refractivity contribution is 0.385. The van der Waals surface area contributed by atoms with Crippen LogP contribution < -0.4 is 10.2 Å². The highest BCUT2D eigenvalue weighted by Gasteiger charge is 2.30. The van der Waals surface area contributed by atoms with Crippen molar-refractivity contribution >= 4 is 38.8 Å². The normalized spacial score (nSPS) is 15.5. The van der Waals surface area contributed by atoms with Crippen molar-refractivity contribution in [1.82, 2.24) is 19.3 Å². The summed E-state index contributed by atoms with van der Waals surface area (Å²) in [6, 6.07) is 11.0. The number of aromatic nitrogens is 3. The summed E-state index contributed by atoms with van der Waals surface area (Å²) in [5.74, 6) is 2.11. The van der Waals surface area contributed by atoms with E-state index in [1.54, 1.807) is 16.6 Å². The molecule has 0 spiro atoms. The quantitative estimate of drug-likeness (QED) is 0.683. The topological polar surface area (TPSA) is 91.3 Å². The fourth-order valence-electron chi connectivity index (χ4n) is 2.99. The molecule has 3 aromatic heterocycles. The van der Waals surface area contributed by atoms with E-state index in [4.69, 9.17) is 0 Å². The third-order valence-electron chi connectivity index (χ3n) is 4.45. The smallest absolute Gasteiger partial charge is 0.252 e. The zero-order chi connectivity index (χ0) is 19.6. The van der Waals surface area contributed by atoms with Gasteiger partial charge in [0.15, 0.2) is 0 Å². The van der Waals surface area contributed by atoms with Gasteiger partial charge < -0.3 is 10.2 Å². The van der Waals surface area contributed by atoms with Gasteiger partial charge in [-0.15, -0.1) is 11.3 Å². The highest BCUT2D eigenvalue weighted by molar-refractivity contribution is 7.91. The Bertz CT molecular complexity index is 1050. The summed E-state index contributed by atoms with van der Waals surface area (Å²) < 4.78 is 27.5. The maximum absolute atomic E-state index is 12.8. The Hall–Kier alpha value is -2.56. The van der Waals surface area contributed by atoms with Crippen LogP contribution in [0.5, 0.6) is 0 Å². The van der Waals surface area contributed by atoms with E-state index in [2.05, 4.69) is 25.2 Å². The molecule has 4 rings (SSSR count). The van der Waals surface area contributed by atoms with Gasteiger partial charge in [0.1, 0.15) is 28.0 Å². The van der Waals surface area contributed by atoms with Gasteiger partial charge in [0.2, 0.25) is 0 Å². The molecule has 3 aromatic rings. The Labute approximate surface area is 167 Å². The maximum atomic E-state index is 12.8. The number of rotatable bonds is 5. The molecule has 0 radical (unpaired) electrons. The molecule has 0 unspecified atom stereocenters. The number of hydrogen-bond acceptors (Lipinski definition) is 8. The van der Waals surface area contributed by atoms with Crippen LogP contribution in [0.1, 0.15) is 4.88 Å². The van der Waals surface area contributed by atoms with Gasteiger partial charge in [-0.25, -0.2) is 23.4 Å². The average molecular weight is 417 g/mol. The number of nitrogens with one attached hydrogen (secondary N) is 1. The van der Waals surface area contributed by atoms with Gasteiger partial charge in [-0.3, -0.25) is 0 Å². The van der Waals surface area contributed by atoms with Crippen LogP contribution in [-0.2, 0) is 10.0 Å². The lowest BCUT2D eigenvalue weighted by Crippen LogP contribution is -2.48. The molecular formula is C18H20N6O2S2. The van der Waals surface area contributed by atoms with Crippen LogP contribution in [0.2, 0.25) is 0 Å². The van der Waals surface area contributed by atoms with Gasteiger partial charge in [-0.1, -0.05) is 6.07 Å². The Morgan fingerprint density at radius 3 is 2.50 bits per heavy atom. The van der Waals surface area contributed by atoms with Crippen molar-refractivity contribution in [3.05, 3.63) is 53.8 Å². The standard InChI is InChI=1S/C18H20N6O2S2/c1-14-5-6-18(27-14)28(25,26)24-10-8-23(9-11-24)17-12-16(20-13-21-17)22-15-4-2-3-7-19-15/h2-7,12-13H,8-11H2,1H3,(H,19,20,21,22). The summed E-state index contributed by atoms with van der Waals surface area (Å²) in [5, 5.41) is 3.15. The van der Waals surface area contributed by atoms with E-state index in [0.717, 1.165) is 10.7 Å². The minimum Gasteiger partial charge on any atom is -0.354 e. The van der Waals surface area contributed by atoms with Gasteiger partial charge in [0.25, 0.3) is 10.0 Å². The monoisotopic (exact) mass is 416 g/mol. The molecule has 10 heteroatoms. The van der Waals surface area contributed by atoms with E-state index in [1.165, 1.54) is 17.7 Å². The largest absolute Gasteiger partial charge is 0.354 e. The van der Waals surface area contributed by atoms with Crippen LogP contribution in [-0.4, -0.2) is 53.9 Å². The number of pyridine rings is 1. The first-order chi connectivity index (χ1) is 13.5. The number of nitrogens with zero attached hydrogens (tertiary/aromatic N) is 5. The van der Waals surface area contributed by atoms with E-state index in [1.807, 2.05) is 37.3 Å². The predicted molar refractivity (Wildman–Crippen MR) is 110 cm³/mol. The molecule has 0 amide bonds. The van der Waals surface area contributed by atoms with E-state index in [0.29, 0.717) is 42.0 Å². The fraction of sp³-hybridized carbons (Fsp3) is 0.278. The van der Waals surface area contributed by atoms with Crippen molar-refractivity contribution in [1.29, 1.82) is 0 Å². The first-order valence-corrected chi connectivity index (χ1v) is 11.1. The molecule has 1 N–H and O–H groups in total. The molecule has 0 aliphatic carbocycles. The number of hydrogen-bond donors (Lipinski definition) is 1. The van der Waals surface area contributed by atoms with Crippen molar-refractivity contribution in [3.8, 4) is 0 Å². The zero-order valence-corrected chi connectivity index (χ0v) is 16.9. The molecule has 0 bridgehead atoms. The Morgan fingerprint density at radius 1 is 1.00 bits per heavy atom. The number of sulfonamides is 1. The van der Waals surface area contributed by atoms with Gasteiger partial charge >= 0.3 is 0 Å². The van der Waals surface area contributed by atoms with Crippen molar-refractivity contribution < 1.29 is 8.42 Å². The Morgan fingerprint density at radius 2 is 1.82 bits per heavy atom. The minimum absolute atomic E-state index is 0.405. The molecular weight excluding hydrogens is 396 g/mol. The van der Waals surface area contributed by atoms with Crippen LogP contribution in [0.15, 0.2) is 53.1 Å². The van der Waals surface area contributed by atoms with Gasteiger partial charge in [0.05, 0.1) is 0 Å². The Balaban J connectivity index is 1.43. The van der Waals surface area contributed by atoms with E-state index in [-0.39, 0.29) is 0 Å². The molecule has 0 atom stereocenters. The third-order valence-corrected chi connectivity index (χ3v) is 7.81. The average Bonchev–Trinajstić information content (AvgIpc) is 3.16. The first kappa shape index (κ1) is 18.8. The van der Waals surface area contributed by atoms with Gasteiger partial charge in [-0.05, 0) is 31.2 Å². The van der Waals surface area contributed by atoms with Crippen LogP contribution in [0.3, 0.4) is 0 Å². The lowest BCUT2D eigenvalue weighted by atomic mass is 10.3. The van der Waals surface area contributed by atoms with Gasteiger partial charge in [0, 0.05) is 43.3 Å². The lowest BCUT2D eigenvalue weighted by Gasteiger charge is -2.34. The highest BCUT2D eigenvalue weighted by atomic mass is 32.2. The predicted octanol–water partition coefficient (Wildman–Crippen LogP) is 2.50. The number of piperazine rings is 1. The number of anilines is 3. The second-order valence-corrected chi connectivity index (χ2v) is 9.81. The summed E-state index contributed by atoms with van der Waals surface area (Å²) in [4.78, 5) is 15.9. The molecule has 8 nitrogen and oxygen atoms in total. The van der Waals surface area contributed by atoms with Crippen molar-refractivity contribution in [2.75, 3.05) is 36.4 Å². The molecule has 0 aromatic carbocycles. The van der Waals surface area contributed by atoms with Crippen molar-refractivity contribution in [3.63, 3.8) is 0 Å². The Kier molecular flexibility index (Phi) is 5.25. The fourth-order valence-corrected chi connectivity index (χ4v) is 5.85. The van der Waals surface area contributed by atoms with Crippen molar-refractivity contribution in [2.24, 2.45) is 0 Å². The molecule has 1 saturated heterocycles. The second-order valence-electron chi connectivity index (χ2n) is 6.36. The first-order valence-electron chi connectivity index (χ1n) is 8.84. The molecule has 146 valence electrons. The summed E-state index contributed by atoms with van der Waals surface area (Å²) in [6.45, 7) is 3.90.